The Kier molecular flexibility index (Phi) is 5.72. The Balaban J connectivity index is 1.80. The maximum absolute atomic E-state index is 12.7. The van der Waals surface area contributed by atoms with Gasteiger partial charge in [-0.25, -0.2) is 4.98 Å². The number of anilines is 1. The van der Waals surface area contributed by atoms with E-state index in [0.717, 1.165) is 27.4 Å². The number of nitrogens with one attached hydrogen (secondary N) is 1. The Morgan fingerprint density at radius 2 is 1.96 bits per heavy atom. The zero-order valence-corrected chi connectivity index (χ0v) is 17.8. The highest BCUT2D eigenvalue weighted by atomic mass is 32.2. The van der Waals surface area contributed by atoms with Crippen LogP contribution in [-0.2, 0) is 18.3 Å². The molecule has 0 fully saturated rings. The van der Waals surface area contributed by atoms with E-state index >= 15 is 0 Å². The van der Waals surface area contributed by atoms with E-state index in [9.17, 15) is 9.59 Å². The quantitative estimate of drug-likeness (QED) is 0.512. The molecular weight excluding hydrogens is 378 g/mol. The molecule has 1 unspecified atom stereocenters. The van der Waals surface area contributed by atoms with Gasteiger partial charge in [-0.2, -0.15) is 0 Å². The molecule has 0 aliphatic heterocycles. The molecule has 3 rings (SSSR count). The summed E-state index contributed by atoms with van der Waals surface area (Å²) in [5, 5.41) is 3.78. The van der Waals surface area contributed by atoms with Crippen LogP contribution in [0.25, 0.3) is 10.2 Å². The first-order chi connectivity index (χ1) is 12.8. The van der Waals surface area contributed by atoms with Crippen molar-refractivity contribution >= 4 is 44.9 Å². The molecule has 1 atom stereocenters. The van der Waals surface area contributed by atoms with Crippen LogP contribution < -0.4 is 10.9 Å². The molecule has 5 nitrogen and oxygen atoms in total. The SMILES string of the molecule is CCc1ccc(NC(=O)C(C)Sc2nc3sc(C)c(C)c3c(=O)n2C)cc1. The predicted molar refractivity (Wildman–Crippen MR) is 114 cm³/mol. The second kappa shape index (κ2) is 7.86. The molecule has 7 heteroatoms. The molecule has 3 aromatic rings. The van der Waals surface area contributed by atoms with Crippen molar-refractivity contribution in [3.63, 3.8) is 0 Å². The van der Waals surface area contributed by atoms with Crippen molar-refractivity contribution in [2.75, 3.05) is 5.32 Å². The molecule has 0 bridgehead atoms. The van der Waals surface area contributed by atoms with E-state index in [-0.39, 0.29) is 16.7 Å². The van der Waals surface area contributed by atoms with Crippen LogP contribution in [0.1, 0.15) is 29.9 Å². The summed E-state index contributed by atoms with van der Waals surface area (Å²) in [6.07, 6.45) is 0.963. The number of nitrogens with zero attached hydrogens (tertiary/aromatic N) is 2. The summed E-state index contributed by atoms with van der Waals surface area (Å²) >= 11 is 2.81. The van der Waals surface area contributed by atoms with E-state index in [1.165, 1.54) is 33.2 Å². The molecule has 0 aliphatic rings. The van der Waals surface area contributed by atoms with Crippen LogP contribution in [0.4, 0.5) is 5.69 Å². The number of carbonyl (C=O) groups is 1. The predicted octanol–water partition coefficient (Wildman–Crippen LogP) is 4.29. The van der Waals surface area contributed by atoms with E-state index in [0.29, 0.717) is 10.5 Å². The fraction of sp³-hybridized carbons (Fsp3) is 0.350. The van der Waals surface area contributed by atoms with Crippen molar-refractivity contribution in [2.45, 2.75) is 44.5 Å². The minimum atomic E-state index is -0.381. The number of amides is 1. The highest BCUT2D eigenvalue weighted by molar-refractivity contribution is 8.00. The number of carbonyl (C=O) groups excluding carboxylic acids is 1. The maximum atomic E-state index is 12.7. The topological polar surface area (TPSA) is 64.0 Å². The van der Waals surface area contributed by atoms with Crippen molar-refractivity contribution in [3.05, 3.63) is 50.6 Å². The minimum absolute atomic E-state index is 0.0629. The molecule has 0 aliphatic carbocycles. The van der Waals surface area contributed by atoms with Crippen molar-refractivity contribution in [1.29, 1.82) is 0 Å². The second-order valence-corrected chi connectivity index (χ2v) is 9.03. The summed E-state index contributed by atoms with van der Waals surface area (Å²) in [6, 6.07) is 7.83. The van der Waals surface area contributed by atoms with Crippen LogP contribution >= 0.6 is 23.1 Å². The lowest BCUT2D eigenvalue weighted by Gasteiger charge is -2.14. The van der Waals surface area contributed by atoms with Crippen LogP contribution in [0.3, 0.4) is 0 Å². The molecule has 2 heterocycles. The Morgan fingerprint density at radius 1 is 1.30 bits per heavy atom. The van der Waals surface area contributed by atoms with E-state index in [2.05, 4.69) is 17.2 Å². The largest absolute Gasteiger partial charge is 0.325 e. The van der Waals surface area contributed by atoms with Crippen molar-refractivity contribution in [2.24, 2.45) is 7.05 Å². The Labute approximate surface area is 166 Å². The van der Waals surface area contributed by atoms with Gasteiger partial charge in [-0.1, -0.05) is 30.8 Å². The van der Waals surface area contributed by atoms with Gasteiger partial charge >= 0.3 is 0 Å². The number of hydrogen-bond acceptors (Lipinski definition) is 5. The molecule has 2 aromatic heterocycles. The lowest BCUT2D eigenvalue weighted by Crippen LogP contribution is -2.25. The monoisotopic (exact) mass is 401 g/mol. The summed E-state index contributed by atoms with van der Waals surface area (Å²) in [5.74, 6) is -0.114. The lowest BCUT2D eigenvalue weighted by molar-refractivity contribution is -0.115. The van der Waals surface area contributed by atoms with Gasteiger partial charge in [-0.05, 0) is 50.5 Å². The lowest BCUT2D eigenvalue weighted by atomic mass is 10.1. The van der Waals surface area contributed by atoms with Gasteiger partial charge in [0.25, 0.3) is 5.56 Å². The Hall–Kier alpha value is -2.12. The van der Waals surface area contributed by atoms with E-state index in [4.69, 9.17) is 0 Å². The number of aromatic nitrogens is 2. The van der Waals surface area contributed by atoms with E-state index in [1.54, 1.807) is 7.05 Å². The minimum Gasteiger partial charge on any atom is -0.325 e. The maximum Gasteiger partial charge on any atom is 0.262 e. The standard InChI is InChI=1S/C20H23N3O2S2/c1-6-14-7-9-15(10-8-14)21-17(24)13(4)27-20-22-18-16(19(25)23(20)5)11(2)12(3)26-18/h7-10,13H,6H2,1-5H3,(H,21,24). The van der Waals surface area contributed by atoms with Crippen molar-refractivity contribution < 1.29 is 4.79 Å². The van der Waals surface area contributed by atoms with Crippen molar-refractivity contribution in [3.8, 4) is 0 Å². The summed E-state index contributed by atoms with van der Waals surface area (Å²) in [7, 11) is 1.71. The first-order valence-electron chi connectivity index (χ1n) is 8.85. The molecule has 0 spiro atoms. The van der Waals surface area contributed by atoms with Gasteiger partial charge in [-0.3, -0.25) is 14.2 Å². The Bertz CT molecular complexity index is 1050. The number of fused-ring (bicyclic) bond motifs is 1. The fourth-order valence-electron chi connectivity index (χ4n) is 2.74. The highest BCUT2D eigenvalue weighted by Crippen LogP contribution is 2.29. The second-order valence-electron chi connectivity index (χ2n) is 6.52. The molecule has 0 radical (unpaired) electrons. The van der Waals surface area contributed by atoms with Gasteiger partial charge in [0.05, 0.1) is 10.6 Å². The first kappa shape index (κ1) is 19.6. The summed E-state index contributed by atoms with van der Waals surface area (Å²) < 4.78 is 1.53. The molecular formula is C20H23N3O2S2. The van der Waals surface area contributed by atoms with Crippen LogP contribution in [0, 0.1) is 13.8 Å². The Morgan fingerprint density at radius 3 is 2.59 bits per heavy atom. The molecule has 0 saturated heterocycles. The van der Waals surface area contributed by atoms with Gasteiger partial charge in [0.15, 0.2) is 5.16 Å². The molecule has 0 saturated carbocycles. The van der Waals surface area contributed by atoms with Crippen LogP contribution in [0.15, 0.2) is 34.2 Å². The van der Waals surface area contributed by atoms with Gasteiger partial charge in [-0.15, -0.1) is 11.3 Å². The molecule has 142 valence electrons. The third-order valence-electron chi connectivity index (χ3n) is 4.65. The molecule has 1 amide bonds. The number of benzene rings is 1. The summed E-state index contributed by atoms with van der Waals surface area (Å²) in [4.78, 5) is 31.7. The normalized spacial score (nSPS) is 12.3. The number of aryl methyl sites for hydroxylation is 3. The highest BCUT2D eigenvalue weighted by Gasteiger charge is 2.20. The number of rotatable bonds is 5. The molecule has 1 N–H and O–H groups in total. The first-order valence-corrected chi connectivity index (χ1v) is 10.5. The van der Waals surface area contributed by atoms with Gasteiger partial charge in [0, 0.05) is 17.6 Å². The van der Waals surface area contributed by atoms with Gasteiger partial charge < -0.3 is 5.32 Å². The third kappa shape index (κ3) is 3.94. The van der Waals surface area contributed by atoms with Gasteiger partial charge in [0.1, 0.15) is 4.83 Å². The molecule has 27 heavy (non-hydrogen) atoms. The van der Waals surface area contributed by atoms with Crippen LogP contribution in [-0.4, -0.2) is 20.7 Å². The number of hydrogen-bond donors (Lipinski definition) is 1. The third-order valence-corrected chi connectivity index (χ3v) is 6.90. The average molecular weight is 402 g/mol. The average Bonchev–Trinajstić information content (AvgIpc) is 2.93. The summed E-state index contributed by atoms with van der Waals surface area (Å²) in [5.41, 5.74) is 2.92. The van der Waals surface area contributed by atoms with Crippen molar-refractivity contribution in [1.82, 2.24) is 9.55 Å². The number of thiophene rings is 1. The summed E-state index contributed by atoms with van der Waals surface area (Å²) in [6.45, 7) is 7.86. The van der Waals surface area contributed by atoms with Crippen LogP contribution in [0.5, 0.6) is 0 Å². The van der Waals surface area contributed by atoms with E-state index < -0.39 is 0 Å². The van der Waals surface area contributed by atoms with Gasteiger partial charge in [0.2, 0.25) is 5.91 Å². The number of thioether (sulfide) groups is 1. The smallest absolute Gasteiger partial charge is 0.262 e. The zero-order chi connectivity index (χ0) is 19.7. The van der Waals surface area contributed by atoms with E-state index in [1.807, 2.05) is 45.0 Å². The van der Waals surface area contributed by atoms with Crippen LogP contribution in [0.2, 0.25) is 0 Å². The zero-order valence-electron chi connectivity index (χ0n) is 16.1. The fourth-order valence-corrected chi connectivity index (χ4v) is 4.69. The molecule has 1 aromatic carbocycles.